The third kappa shape index (κ3) is 2.47. The monoisotopic (exact) mass is 385 g/mol. The van der Waals surface area contributed by atoms with Crippen molar-refractivity contribution in [1.29, 1.82) is 0 Å². The summed E-state index contributed by atoms with van der Waals surface area (Å²) >= 11 is 3.63. The molecule has 0 saturated carbocycles. The summed E-state index contributed by atoms with van der Waals surface area (Å²) in [5.41, 5.74) is 1.94. The van der Waals surface area contributed by atoms with Crippen LogP contribution in [0.3, 0.4) is 0 Å². The quantitative estimate of drug-likeness (QED) is 0.664. The first-order chi connectivity index (χ1) is 11.6. The molecule has 2 aromatic carbocycles. The molecule has 1 saturated heterocycles. The van der Waals surface area contributed by atoms with Gasteiger partial charge in [0.15, 0.2) is 0 Å². The molecule has 1 amide bonds. The summed E-state index contributed by atoms with van der Waals surface area (Å²) in [7, 11) is 0. The minimum absolute atomic E-state index is 0.190. The predicted octanol–water partition coefficient (Wildman–Crippen LogP) is 4.81. The minimum Gasteiger partial charge on any atom is -0.465 e. The highest BCUT2D eigenvalue weighted by atomic mass is 79.9. The van der Waals surface area contributed by atoms with E-state index in [1.165, 1.54) is 4.90 Å². The maximum Gasteiger partial charge on any atom is 0.407 e. The molecule has 0 bridgehead atoms. The van der Waals surface area contributed by atoms with Crippen LogP contribution in [-0.4, -0.2) is 32.6 Å². The van der Waals surface area contributed by atoms with Crippen molar-refractivity contribution >= 4 is 32.8 Å². The number of rotatable bonds is 2. The van der Waals surface area contributed by atoms with E-state index in [9.17, 15) is 9.90 Å². The molecular weight excluding hydrogens is 370 g/mol. The van der Waals surface area contributed by atoms with Crippen LogP contribution >= 0.6 is 15.9 Å². The standard InChI is InChI=1S/C18H16BrN3O2/c19-13-8-7-11-4-1-2-5-12(11)16(13)14-10-20-17(21-14)15-6-3-9-22(15)18(23)24/h1-2,4-5,7-8,10,15H,3,6,9H2,(H,20,21)(H,23,24). The van der Waals surface area contributed by atoms with Gasteiger partial charge in [-0.2, -0.15) is 0 Å². The molecule has 1 atom stereocenters. The molecule has 1 aliphatic heterocycles. The third-order valence-electron chi connectivity index (χ3n) is 4.56. The Balaban J connectivity index is 1.79. The number of hydrogen-bond donors (Lipinski definition) is 2. The van der Waals surface area contributed by atoms with Crippen LogP contribution in [0.2, 0.25) is 0 Å². The van der Waals surface area contributed by atoms with Crippen molar-refractivity contribution in [2.45, 2.75) is 18.9 Å². The van der Waals surface area contributed by atoms with Gasteiger partial charge in [-0.05, 0) is 29.7 Å². The summed E-state index contributed by atoms with van der Waals surface area (Å²) in [6.07, 6.45) is 2.57. The first-order valence-electron chi connectivity index (χ1n) is 7.87. The first kappa shape index (κ1) is 15.2. The number of aromatic nitrogens is 2. The van der Waals surface area contributed by atoms with Gasteiger partial charge in [-0.3, -0.25) is 4.90 Å². The van der Waals surface area contributed by atoms with Gasteiger partial charge >= 0.3 is 6.09 Å². The number of likely N-dealkylation sites (tertiary alicyclic amines) is 1. The zero-order chi connectivity index (χ0) is 16.7. The number of halogens is 1. The molecule has 4 rings (SSSR count). The molecule has 24 heavy (non-hydrogen) atoms. The Morgan fingerprint density at radius 1 is 1.29 bits per heavy atom. The molecule has 6 heteroatoms. The Hall–Kier alpha value is -2.34. The second kappa shape index (κ2) is 5.94. The van der Waals surface area contributed by atoms with E-state index in [1.54, 1.807) is 6.20 Å². The Morgan fingerprint density at radius 2 is 2.12 bits per heavy atom. The maximum absolute atomic E-state index is 11.4. The molecule has 2 heterocycles. The fraction of sp³-hybridized carbons (Fsp3) is 0.222. The predicted molar refractivity (Wildman–Crippen MR) is 95.9 cm³/mol. The molecule has 0 aliphatic carbocycles. The lowest BCUT2D eigenvalue weighted by Crippen LogP contribution is -2.29. The fourth-order valence-corrected chi connectivity index (χ4v) is 3.99. The van der Waals surface area contributed by atoms with Gasteiger partial charge in [0.05, 0.1) is 17.9 Å². The molecule has 5 nitrogen and oxygen atoms in total. The van der Waals surface area contributed by atoms with Crippen LogP contribution in [0.25, 0.3) is 22.0 Å². The van der Waals surface area contributed by atoms with Crippen LogP contribution in [0.4, 0.5) is 4.79 Å². The number of carboxylic acid groups (broad SMARTS) is 1. The second-order valence-corrected chi connectivity index (χ2v) is 6.81. The molecule has 122 valence electrons. The van der Waals surface area contributed by atoms with Crippen LogP contribution in [0.1, 0.15) is 24.7 Å². The summed E-state index contributed by atoms with van der Waals surface area (Å²) in [5.74, 6) is 0.713. The van der Waals surface area contributed by atoms with E-state index in [1.807, 2.05) is 18.2 Å². The number of nitrogens with one attached hydrogen (secondary N) is 1. The number of nitrogens with zero attached hydrogens (tertiary/aromatic N) is 2. The van der Waals surface area contributed by atoms with Crippen LogP contribution in [0.5, 0.6) is 0 Å². The van der Waals surface area contributed by atoms with Crippen LogP contribution < -0.4 is 0 Å². The van der Waals surface area contributed by atoms with Gasteiger partial charge in [0, 0.05) is 16.6 Å². The lowest BCUT2D eigenvalue weighted by molar-refractivity contribution is 0.139. The molecule has 1 fully saturated rings. The van der Waals surface area contributed by atoms with Gasteiger partial charge in [-0.1, -0.05) is 46.3 Å². The fourth-order valence-electron chi connectivity index (χ4n) is 3.43. The summed E-state index contributed by atoms with van der Waals surface area (Å²) < 4.78 is 0.984. The van der Waals surface area contributed by atoms with Crippen molar-refractivity contribution in [3.8, 4) is 11.3 Å². The number of imidazole rings is 1. The third-order valence-corrected chi connectivity index (χ3v) is 5.22. The first-order valence-corrected chi connectivity index (χ1v) is 8.66. The lowest BCUT2D eigenvalue weighted by atomic mass is 10.0. The largest absolute Gasteiger partial charge is 0.465 e. The summed E-state index contributed by atoms with van der Waals surface area (Å²) in [4.78, 5) is 20.6. The summed E-state index contributed by atoms with van der Waals surface area (Å²) in [6.45, 7) is 0.563. The zero-order valence-corrected chi connectivity index (χ0v) is 14.5. The van der Waals surface area contributed by atoms with Gasteiger partial charge in [0.25, 0.3) is 0 Å². The summed E-state index contributed by atoms with van der Waals surface area (Å²) in [5, 5.41) is 11.6. The molecule has 3 aromatic rings. The average Bonchev–Trinajstić information content (AvgIpc) is 3.23. The van der Waals surface area contributed by atoms with Crippen molar-refractivity contribution in [1.82, 2.24) is 14.9 Å². The van der Waals surface area contributed by atoms with Crippen molar-refractivity contribution in [2.75, 3.05) is 6.54 Å². The Bertz CT molecular complexity index is 922. The number of hydrogen-bond acceptors (Lipinski definition) is 2. The Kier molecular flexibility index (Phi) is 3.76. The smallest absolute Gasteiger partial charge is 0.407 e. The Morgan fingerprint density at radius 3 is 2.96 bits per heavy atom. The van der Waals surface area contributed by atoms with Crippen LogP contribution in [-0.2, 0) is 0 Å². The van der Waals surface area contributed by atoms with Gasteiger partial charge in [0.2, 0.25) is 0 Å². The molecule has 0 radical (unpaired) electrons. The number of benzene rings is 2. The minimum atomic E-state index is -0.887. The van der Waals surface area contributed by atoms with Gasteiger partial charge < -0.3 is 10.1 Å². The normalized spacial score (nSPS) is 17.5. The highest BCUT2D eigenvalue weighted by Crippen LogP contribution is 2.36. The van der Waals surface area contributed by atoms with Crippen molar-refractivity contribution in [3.63, 3.8) is 0 Å². The number of amides is 1. The van der Waals surface area contributed by atoms with E-state index in [-0.39, 0.29) is 6.04 Å². The average molecular weight is 386 g/mol. The van der Waals surface area contributed by atoms with E-state index >= 15 is 0 Å². The number of aromatic amines is 1. The molecule has 0 spiro atoms. The SMILES string of the molecule is O=C(O)N1CCCC1c1ncc(-c2c(Br)ccc3ccccc23)[nH]1. The van der Waals surface area contributed by atoms with E-state index < -0.39 is 6.09 Å². The number of carbonyl (C=O) groups is 1. The zero-order valence-electron chi connectivity index (χ0n) is 12.9. The van der Waals surface area contributed by atoms with E-state index in [0.717, 1.165) is 39.3 Å². The highest BCUT2D eigenvalue weighted by molar-refractivity contribution is 9.10. The summed E-state index contributed by atoms with van der Waals surface area (Å²) in [6, 6.07) is 12.1. The van der Waals surface area contributed by atoms with E-state index in [2.05, 4.69) is 44.1 Å². The van der Waals surface area contributed by atoms with Crippen molar-refractivity contribution in [3.05, 3.63) is 52.9 Å². The van der Waals surface area contributed by atoms with Crippen molar-refractivity contribution < 1.29 is 9.90 Å². The molecular formula is C18H16BrN3O2. The maximum atomic E-state index is 11.4. The van der Waals surface area contributed by atoms with E-state index in [0.29, 0.717) is 12.4 Å². The molecule has 1 unspecified atom stereocenters. The highest BCUT2D eigenvalue weighted by Gasteiger charge is 2.32. The number of H-pyrrole nitrogens is 1. The van der Waals surface area contributed by atoms with Crippen LogP contribution in [0, 0.1) is 0 Å². The molecule has 1 aliphatic rings. The lowest BCUT2D eigenvalue weighted by Gasteiger charge is -2.19. The van der Waals surface area contributed by atoms with E-state index in [4.69, 9.17) is 0 Å². The van der Waals surface area contributed by atoms with Gasteiger partial charge in [-0.15, -0.1) is 0 Å². The van der Waals surface area contributed by atoms with Gasteiger partial charge in [0.1, 0.15) is 5.82 Å². The second-order valence-electron chi connectivity index (χ2n) is 5.96. The molecule has 2 N–H and O–H groups in total. The Labute approximate surface area is 147 Å². The van der Waals surface area contributed by atoms with Crippen LogP contribution in [0.15, 0.2) is 47.1 Å². The number of fused-ring (bicyclic) bond motifs is 1. The van der Waals surface area contributed by atoms with Gasteiger partial charge in [-0.25, -0.2) is 9.78 Å². The molecule has 1 aromatic heterocycles. The topological polar surface area (TPSA) is 69.2 Å². The van der Waals surface area contributed by atoms with Crippen molar-refractivity contribution in [2.24, 2.45) is 0 Å².